The van der Waals surface area contributed by atoms with Crippen LogP contribution in [0.4, 0.5) is 0 Å². The summed E-state index contributed by atoms with van der Waals surface area (Å²) in [5.74, 6) is -3.08. The normalized spacial score (nSPS) is 24.4. The van der Waals surface area contributed by atoms with Crippen LogP contribution in [0.15, 0.2) is 0 Å². The Kier molecular flexibility index (Phi) is 53.5. The number of unbranched alkanes of at least 4 members (excludes halogenated alkanes) is 10. The lowest BCUT2D eigenvalue weighted by Crippen LogP contribution is -2.64. The molecule has 3 heterocycles. The summed E-state index contributed by atoms with van der Waals surface area (Å²) in [6.45, 7) is 7.29. The molecule has 3 saturated heterocycles. The molecule has 0 aromatic carbocycles. The maximum Gasteiger partial charge on any atom is 0.222 e. The second-order valence-electron chi connectivity index (χ2n) is 29.5. The van der Waals surface area contributed by atoms with Gasteiger partial charge in [0, 0.05) is 143 Å². The zero-order valence-corrected chi connectivity index (χ0v) is 66.7. The lowest BCUT2D eigenvalue weighted by atomic mass is 9.92. The number of ether oxygens (including phenoxy) is 10. The van der Waals surface area contributed by atoms with Crippen LogP contribution in [-0.2, 0) is 95.3 Å². The molecule has 3 fully saturated rings. The first-order chi connectivity index (χ1) is 53.6. The summed E-state index contributed by atoms with van der Waals surface area (Å²) in [4.78, 5) is 128. The number of amides is 6. The number of ketones is 4. The van der Waals surface area contributed by atoms with Gasteiger partial charge in [0.05, 0.1) is 65.1 Å². The summed E-state index contributed by atoms with van der Waals surface area (Å²) in [6.07, 6.45) is -2.63. The van der Waals surface area contributed by atoms with Gasteiger partial charge in [0.15, 0.2) is 24.6 Å². The van der Waals surface area contributed by atoms with Gasteiger partial charge in [-0.3, -0.25) is 47.9 Å². The molecule has 648 valence electrons. The lowest BCUT2D eigenvalue weighted by molar-refractivity contribution is -0.282. The van der Waals surface area contributed by atoms with Crippen LogP contribution in [0.3, 0.4) is 0 Å². The largest absolute Gasteiger partial charge is 0.394 e. The molecule has 35 heteroatoms. The Labute approximate surface area is 659 Å². The van der Waals surface area contributed by atoms with Crippen LogP contribution >= 0.6 is 0 Å². The molecule has 3 rings (SSSR count). The Morgan fingerprint density at radius 3 is 1.17 bits per heavy atom. The van der Waals surface area contributed by atoms with E-state index in [-0.39, 0.29) is 177 Å². The predicted molar refractivity (Wildman–Crippen MR) is 403 cm³/mol. The Morgan fingerprint density at radius 1 is 0.366 bits per heavy atom. The number of carbonyl (C=O) groups is 10. The van der Waals surface area contributed by atoms with E-state index in [2.05, 4.69) is 31.9 Å². The molecule has 0 bridgehead atoms. The molecule has 16 atom stereocenters. The minimum atomic E-state index is -1.76. The van der Waals surface area contributed by atoms with E-state index in [0.29, 0.717) is 116 Å². The van der Waals surface area contributed by atoms with Crippen molar-refractivity contribution < 1.29 is 141 Å². The molecule has 7 unspecified atom stereocenters. The van der Waals surface area contributed by atoms with Gasteiger partial charge in [-0.15, -0.1) is 0 Å². The third-order valence-corrected chi connectivity index (χ3v) is 19.3. The molecule has 0 saturated carbocycles. The molecule has 0 aromatic rings. The quantitative estimate of drug-likeness (QED) is 0.0293. The fourth-order valence-electron chi connectivity index (χ4n) is 12.7. The average molecular weight is 1610 g/mol. The Balaban J connectivity index is 1.57. The Bertz CT molecular complexity index is 2580. The SMILES string of the molecule is CC(=O)NC1[C@H](OCCCCC(=O)CCCCCC(=O)CCOCC(COCCC(=O)NCCCNC(=O)CCCCO[C@@H]2OC(CO)[C@H](O)[C@H](O)C2NC(C)=O)(NC(=O)CCCC(=O)NCCCCCCOC(C)C)OCCC(=O)CCCCCC(=O)CCCCO[C@@H]2OC(CO)[C@H](O)[C@H](O)C2C)OC(CO)[C@H](O)[C@@H]1O. The molecular weight excluding hydrogens is 1470 g/mol. The van der Waals surface area contributed by atoms with Gasteiger partial charge in [-0.1, -0.05) is 32.6 Å². The highest BCUT2D eigenvalue weighted by Gasteiger charge is 2.47. The maximum absolute atomic E-state index is 13.9. The number of rotatable bonds is 66. The topological polar surface area (TPSA) is 517 Å². The molecule has 0 aromatic heterocycles. The zero-order chi connectivity index (χ0) is 82.6. The van der Waals surface area contributed by atoms with Crippen LogP contribution in [0.25, 0.3) is 0 Å². The molecule has 3 aliphatic heterocycles. The molecule has 0 spiro atoms. The van der Waals surface area contributed by atoms with Crippen LogP contribution in [0.2, 0.25) is 0 Å². The van der Waals surface area contributed by atoms with Gasteiger partial charge in [-0.25, -0.2) is 0 Å². The first kappa shape index (κ1) is 101. The smallest absolute Gasteiger partial charge is 0.222 e. The number of hydrogen-bond donors (Lipinski definition) is 15. The van der Waals surface area contributed by atoms with Crippen molar-refractivity contribution in [2.24, 2.45) is 5.92 Å². The van der Waals surface area contributed by atoms with Gasteiger partial charge in [-0.2, -0.15) is 0 Å². The molecule has 6 amide bonds. The number of aliphatic hydroxyl groups excluding tert-OH is 9. The number of aliphatic hydroxyl groups is 9. The highest BCUT2D eigenvalue weighted by Crippen LogP contribution is 2.28. The Morgan fingerprint density at radius 2 is 0.714 bits per heavy atom. The van der Waals surface area contributed by atoms with Crippen molar-refractivity contribution in [3.05, 3.63) is 0 Å². The van der Waals surface area contributed by atoms with Crippen LogP contribution in [0.1, 0.15) is 227 Å². The van der Waals surface area contributed by atoms with E-state index >= 15 is 0 Å². The lowest BCUT2D eigenvalue weighted by Gasteiger charge is -2.42. The Hall–Kier alpha value is -5.26. The van der Waals surface area contributed by atoms with Gasteiger partial charge >= 0.3 is 0 Å². The zero-order valence-electron chi connectivity index (χ0n) is 66.7. The molecular formula is C77H136N6O29. The highest BCUT2D eigenvalue weighted by atomic mass is 16.7. The van der Waals surface area contributed by atoms with Crippen LogP contribution in [0, 0.1) is 5.92 Å². The summed E-state index contributed by atoms with van der Waals surface area (Å²) < 4.78 is 58.1. The van der Waals surface area contributed by atoms with Gasteiger partial charge in [-0.05, 0) is 104 Å². The number of carbonyl (C=O) groups excluding carboxylic acids is 10. The summed E-state index contributed by atoms with van der Waals surface area (Å²) in [7, 11) is 0. The summed E-state index contributed by atoms with van der Waals surface area (Å²) in [6, 6.07) is -2.17. The van der Waals surface area contributed by atoms with E-state index in [1.807, 2.05) is 13.8 Å². The molecule has 112 heavy (non-hydrogen) atoms. The fraction of sp³-hybridized carbons (Fsp3) is 0.870. The van der Waals surface area contributed by atoms with Crippen LogP contribution < -0.4 is 31.9 Å². The highest BCUT2D eigenvalue weighted by molar-refractivity contribution is 5.81. The van der Waals surface area contributed by atoms with E-state index in [1.54, 1.807) is 6.92 Å². The first-order valence-electron chi connectivity index (χ1n) is 40.5. The van der Waals surface area contributed by atoms with E-state index in [0.717, 1.165) is 25.7 Å². The molecule has 15 N–H and O–H groups in total. The second-order valence-corrected chi connectivity index (χ2v) is 29.5. The minimum Gasteiger partial charge on any atom is -0.394 e. The average Bonchev–Trinajstić information content (AvgIpc) is 0.822. The van der Waals surface area contributed by atoms with Crippen molar-refractivity contribution in [2.45, 2.75) is 325 Å². The van der Waals surface area contributed by atoms with Crippen molar-refractivity contribution >= 4 is 58.6 Å². The van der Waals surface area contributed by atoms with E-state index in [4.69, 9.17) is 47.4 Å². The van der Waals surface area contributed by atoms with Crippen molar-refractivity contribution in [2.75, 3.05) is 98.9 Å². The van der Waals surface area contributed by atoms with Gasteiger partial charge < -0.3 is 125 Å². The maximum atomic E-state index is 13.9. The fourth-order valence-corrected chi connectivity index (χ4v) is 12.7. The van der Waals surface area contributed by atoms with Gasteiger partial charge in [0.2, 0.25) is 35.4 Å². The molecule has 3 aliphatic rings. The van der Waals surface area contributed by atoms with Crippen LogP contribution in [-0.4, -0.2) is 301 Å². The predicted octanol–water partition coefficient (Wildman–Crippen LogP) is 0.614. The minimum absolute atomic E-state index is 0.0142. The van der Waals surface area contributed by atoms with Crippen LogP contribution in [0.5, 0.6) is 0 Å². The third-order valence-electron chi connectivity index (χ3n) is 19.3. The number of Topliss-reactive ketones (excluding diaryl/α,β-unsaturated/α-hetero) is 4. The summed E-state index contributed by atoms with van der Waals surface area (Å²) >= 11 is 0. The van der Waals surface area contributed by atoms with Gasteiger partial charge in [0.1, 0.15) is 84.0 Å². The first-order valence-corrected chi connectivity index (χ1v) is 40.5. The second kappa shape index (κ2) is 59.4. The number of nitrogens with one attached hydrogen (secondary N) is 6. The van der Waals surface area contributed by atoms with Gasteiger partial charge in [0.25, 0.3) is 0 Å². The summed E-state index contributed by atoms with van der Waals surface area (Å²) in [5, 5.41) is 107. The monoisotopic (exact) mass is 1610 g/mol. The third kappa shape index (κ3) is 43.1. The summed E-state index contributed by atoms with van der Waals surface area (Å²) in [5.41, 5.74) is -1.76. The van der Waals surface area contributed by atoms with Crippen molar-refractivity contribution in [3.63, 3.8) is 0 Å². The standard InChI is InChI=1S/C77H136N6O29/c1-51(2)105-39-18-7-6-17-36-78-63(94)31-22-32-65(96)83-77(109-45-34-58(92)27-13-9-11-25-55(89)28-14-19-40-106-74-52(3)68(97)69(98)59(46-84)110-74,49-103-43-33-57(91)26-12-8-10-24-56(90)29-15-20-41-107-75-66(81-53(4)87)72(101)70(99)60(47-85)111-75)50-104-44-35-64(95)80-38-23-37-79-62(93)30-16-21-42-108-76-67(82-54(5)88)73(102)71(100)61(48-86)112-76/h51-52,59-61,66-76,84-86,97-102H,6-50H2,1-5H3,(H,78,94)(H,79,93)(H,80,95)(H,81,87)(H,82,88)(H,83,96)/t52?,59?,60?,61?,66?,67?,68-,69+,70+,71+,72-,73-,74-,75-,76-,77?/m1/s1. The molecule has 0 aliphatic carbocycles. The molecule has 0 radical (unpaired) electrons. The van der Waals surface area contributed by atoms with Crippen molar-refractivity contribution in [1.82, 2.24) is 31.9 Å². The number of hydrogen-bond acceptors (Lipinski definition) is 29. The van der Waals surface area contributed by atoms with E-state index < -0.39 is 135 Å². The van der Waals surface area contributed by atoms with E-state index in [1.165, 1.54) is 13.8 Å². The van der Waals surface area contributed by atoms with E-state index in [9.17, 15) is 93.9 Å². The van der Waals surface area contributed by atoms with Crippen molar-refractivity contribution in [3.8, 4) is 0 Å². The molecule has 35 nitrogen and oxygen atoms in total. The van der Waals surface area contributed by atoms with Crippen molar-refractivity contribution in [1.29, 1.82) is 0 Å².